The molecular weight excluding hydrogens is 180 g/mol. The molecule has 0 spiro atoms. The lowest BCUT2D eigenvalue weighted by Gasteiger charge is -2.27. The maximum atomic E-state index is 10.7. The zero-order valence-electron chi connectivity index (χ0n) is 9.30. The van der Waals surface area contributed by atoms with E-state index in [0.29, 0.717) is 0 Å². The SMILES string of the molecule is CCCC(C=O)O[Si](C)(CC)CC. The molecule has 0 bridgehead atoms. The molecule has 0 aliphatic carbocycles. The standard InChI is InChI=1S/C10H22O2Si/c1-5-8-10(9-11)12-13(4,6-2)7-3/h9-10H,5-8H2,1-4H3. The zero-order valence-corrected chi connectivity index (χ0v) is 10.3. The summed E-state index contributed by atoms with van der Waals surface area (Å²) in [6.07, 6.45) is 2.69. The third-order valence-electron chi connectivity index (χ3n) is 2.66. The molecule has 78 valence electrons. The molecule has 0 heterocycles. The van der Waals surface area contributed by atoms with Crippen molar-refractivity contribution in [2.45, 2.75) is 58.4 Å². The molecule has 0 saturated heterocycles. The molecule has 1 unspecified atom stereocenters. The lowest BCUT2D eigenvalue weighted by atomic mass is 10.2. The van der Waals surface area contributed by atoms with Crippen molar-refractivity contribution in [3.05, 3.63) is 0 Å². The highest BCUT2D eigenvalue weighted by Crippen LogP contribution is 2.19. The average molecular weight is 202 g/mol. The third-order valence-corrected chi connectivity index (χ3v) is 6.52. The van der Waals surface area contributed by atoms with Crippen LogP contribution in [0.2, 0.25) is 18.6 Å². The molecule has 0 aromatic rings. The van der Waals surface area contributed by atoms with Gasteiger partial charge in [-0.25, -0.2) is 0 Å². The van der Waals surface area contributed by atoms with Crippen LogP contribution in [0.25, 0.3) is 0 Å². The lowest BCUT2D eigenvalue weighted by molar-refractivity contribution is -0.114. The van der Waals surface area contributed by atoms with Crippen LogP contribution in [-0.2, 0) is 9.22 Å². The van der Waals surface area contributed by atoms with Gasteiger partial charge in [0.05, 0.1) is 0 Å². The Morgan fingerprint density at radius 2 is 1.85 bits per heavy atom. The minimum absolute atomic E-state index is 0.151. The largest absolute Gasteiger partial charge is 0.407 e. The number of rotatable bonds is 7. The van der Waals surface area contributed by atoms with Gasteiger partial charge < -0.3 is 9.22 Å². The fourth-order valence-electron chi connectivity index (χ4n) is 1.22. The molecule has 3 heteroatoms. The molecule has 0 N–H and O–H groups in total. The minimum Gasteiger partial charge on any atom is -0.407 e. The fourth-order valence-corrected chi connectivity index (χ4v) is 2.96. The third kappa shape index (κ3) is 4.57. The smallest absolute Gasteiger partial charge is 0.190 e. The van der Waals surface area contributed by atoms with Crippen LogP contribution in [0, 0.1) is 0 Å². The number of hydrogen-bond acceptors (Lipinski definition) is 2. The van der Waals surface area contributed by atoms with Crippen LogP contribution in [0.3, 0.4) is 0 Å². The summed E-state index contributed by atoms with van der Waals surface area (Å²) < 4.78 is 5.90. The van der Waals surface area contributed by atoms with Crippen molar-refractivity contribution in [2.24, 2.45) is 0 Å². The molecule has 0 saturated carbocycles. The second-order valence-corrected chi connectivity index (χ2v) is 8.29. The summed E-state index contributed by atoms with van der Waals surface area (Å²) in [5.41, 5.74) is 0. The molecule has 13 heavy (non-hydrogen) atoms. The first-order valence-electron chi connectivity index (χ1n) is 5.25. The van der Waals surface area contributed by atoms with Gasteiger partial charge in [-0.05, 0) is 25.1 Å². The maximum absolute atomic E-state index is 10.7. The van der Waals surface area contributed by atoms with E-state index in [2.05, 4.69) is 27.3 Å². The summed E-state index contributed by atoms with van der Waals surface area (Å²) in [4.78, 5) is 10.7. The normalized spacial score (nSPS) is 14.2. The monoisotopic (exact) mass is 202 g/mol. The molecule has 0 aliphatic rings. The quantitative estimate of drug-likeness (QED) is 0.468. The highest BCUT2D eigenvalue weighted by molar-refractivity contribution is 6.72. The van der Waals surface area contributed by atoms with Crippen LogP contribution in [0.15, 0.2) is 0 Å². The van der Waals surface area contributed by atoms with Crippen molar-refractivity contribution in [2.75, 3.05) is 0 Å². The highest BCUT2D eigenvalue weighted by Gasteiger charge is 2.27. The van der Waals surface area contributed by atoms with Gasteiger partial charge >= 0.3 is 0 Å². The Balaban J connectivity index is 4.10. The zero-order chi connectivity index (χ0) is 10.3. The molecule has 0 aromatic heterocycles. The molecule has 0 aliphatic heterocycles. The van der Waals surface area contributed by atoms with Crippen molar-refractivity contribution < 1.29 is 9.22 Å². The molecule has 0 aromatic carbocycles. The Labute approximate surface area is 82.8 Å². The van der Waals surface area contributed by atoms with Crippen LogP contribution in [0.4, 0.5) is 0 Å². The number of hydrogen-bond donors (Lipinski definition) is 0. The van der Waals surface area contributed by atoms with Gasteiger partial charge in [0.25, 0.3) is 0 Å². The van der Waals surface area contributed by atoms with Gasteiger partial charge in [0.15, 0.2) is 8.32 Å². The Hall–Kier alpha value is -0.153. The van der Waals surface area contributed by atoms with Gasteiger partial charge in [0.1, 0.15) is 12.4 Å². The van der Waals surface area contributed by atoms with Gasteiger partial charge in [0.2, 0.25) is 0 Å². The van der Waals surface area contributed by atoms with E-state index < -0.39 is 8.32 Å². The van der Waals surface area contributed by atoms with Crippen molar-refractivity contribution in [1.82, 2.24) is 0 Å². The van der Waals surface area contributed by atoms with Crippen LogP contribution >= 0.6 is 0 Å². The van der Waals surface area contributed by atoms with Gasteiger partial charge in [-0.1, -0.05) is 27.2 Å². The molecule has 0 amide bonds. The summed E-state index contributed by atoms with van der Waals surface area (Å²) in [5, 5.41) is 0. The summed E-state index contributed by atoms with van der Waals surface area (Å²) >= 11 is 0. The molecular formula is C10H22O2Si. The Bertz CT molecular complexity index is 144. The molecule has 1 atom stereocenters. The van der Waals surface area contributed by atoms with E-state index in [1.807, 2.05) is 0 Å². The summed E-state index contributed by atoms with van der Waals surface area (Å²) in [5.74, 6) is 0. The van der Waals surface area contributed by atoms with Crippen molar-refractivity contribution in [3.8, 4) is 0 Å². The van der Waals surface area contributed by atoms with Gasteiger partial charge in [-0.15, -0.1) is 0 Å². The van der Waals surface area contributed by atoms with Gasteiger partial charge in [0, 0.05) is 0 Å². The fraction of sp³-hybridized carbons (Fsp3) is 0.900. The van der Waals surface area contributed by atoms with Crippen LogP contribution in [0.1, 0.15) is 33.6 Å². The minimum atomic E-state index is -1.55. The number of carbonyl (C=O) groups excluding carboxylic acids is 1. The summed E-state index contributed by atoms with van der Waals surface area (Å²) in [6.45, 7) is 8.60. The Morgan fingerprint density at radius 3 is 2.15 bits per heavy atom. The van der Waals surface area contributed by atoms with Crippen LogP contribution < -0.4 is 0 Å². The summed E-state index contributed by atoms with van der Waals surface area (Å²) in [7, 11) is -1.55. The Kier molecular flexibility index (Phi) is 6.25. The maximum Gasteiger partial charge on any atom is 0.190 e. The van der Waals surface area contributed by atoms with E-state index >= 15 is 0 Å². The first kappa shape index (κ1) is 12.8. The molecule has 0 radical (unpaired) electrons. The van der Waals surface area contributed by atoms with Crippen molar-refractivity contribution in [3.63, 3.8) is 0 Å². The predicted octanol–water partition coefficient (Wildman–Crippen LogP) is 2.99. The van der Waals surface area contributed by atoms with Crippen LogP contribution in [-0.4, -0.2) is 20.7 Å². The first-order valence-corrected chi connectivity index (χ1v) is 8.07. The van der Waals surface area contributed by atoms with E-state index in [1.54, 1.807) is 0 Å². The second kappa shape index (κ2) is 6.32. The molecule has 0 fully saturated rings. The Morgan fingerprint density at radius 1 is 1.31 bits per heavy atom. The predicted molar refractivity (Wildman–Crippen MR) is 58.4 cm³/mol. The highest BCUT2D eigenvalue weighted by atomic mass is 28.4. The van der Waals surface area contributed by atoms with Gasteiger partial charge in [-0.3, -0.25) is 0 Å². The lowest BCUT2D eigenvalue weighted by Crippen LogP contribution is -2.37. The van der Waals surface area contributed by atoms with E-state index in [4.69, 9.17) is 4.43 Å². The molecule has 2 nitrogen and oxygen atoms in total. The van der Waals surface area contributed by atoms with E-state index in [-0.39, 0.29) is 6.10 Å². The average Bonchev–Trinajstić information content (AvgIpc) is 2.17. The van der Waals surface area contributed by atoms with E-state index in [9.17, 15) is 4.79 Å². The number of aldehydes is 1. The number of carbonyl (C=O) groups is 1. The first-order chi connectivity index (χ1) is 6.11. The van der Waals surface area contributed by atoms with Crippen LogP contribution in [0.5, 0.6) is 0 Å². The van der Waals surface area contributed by atoms with Crippen molar-refractivity contribution in [1.29, 1.82) is 0 Å². The summed E-state index contributed by atoms with van der Waals surface area (Å²) in [6, 6.07) is 2.19. The second-order valence-electron chi connectivity index (χ2n) is 3.74. The molecule has 0 rings (SSSR count). The van der Waals surface area contributed by atoms with E-state index in [1.165, 1.54) is 0 Å². The van der Waals surface area contributed by atoms with Crippen molar-refractivity contribution >= 4 is 14.6 Å². The van der Waals surface area contributed by atoms with E-state index in [0.717, 1.165) is 31.2 Å². The topological polar surface area (TPSA) is 26.3 Å². The van der Waals surface area contributed by atoms with Gasteiger partial charge in [-0.2, -0.15) is 0 Å².